The molecule has 0 aliphatic rings. The fraction of sp³-hybridized carbons (Fsp3) is 0.857. The van der Waals surface area contributed by atoms with E-state index in [9.17, 15) is 22.8 Å². The number of carbonyl (C=O) groups is 2. The average molecular weight is 312 g/mol. The Bertz CT molecular complexity index is 351. The number of ether oxygens (including phenoxy) is 2. The molecule has 7 heteroatoms. The lowest BCUT2D eigenvalue weighted by Crippen LogP contribution is -2.31. The predicted molar refractivity (Wildman–Crippen MR) is 70.5 cm³/mol. The second-order valence-electron chi connectivity index (χ2n) is 5.46. The van der Waals surface area contributed by atoms with Crippen molar-refractivity contribution >= 4 is 11.9 Å². The van der Waals surface area contributed by atoms with Gasteiger partial charge in [-0.15, -0.1) is 0 Å². The van der Waals surface area contributed by atoms with E-state index >= 15 is 0 Å². The zero-order valence-electron chi connectivity index (χ0n) is 12.9. The first kappa shape index (κ1) is 19.7. The molecule has 0 aliphatic carbocycles. The van der Waals surface area contributed by atoms with Crippen molar-refractivity contribution in [3.05, 3.63) is 0 Å². The highest BCUT2D eigenvalue weighted by Crippen LogP contribution is 2.23. The van der Waals surface area contributed by atoms with Crippen molar-refractivity contribution in [1.29, 1.82) is 0 Å². The molecule has 0 fully saturated rings. The molecule has 0 bridgehead atoms. The third-order valence-electron chi connectivity index (χ3n) is 3.21. The number of rotatable bonds is 8. The molecule has 0 amide bonds. The molecule has 4 nitrogen and oxygen atoms in total. The zero-order chi connectivity index (χ0) is 16.7. The fourth-order valence-electron chi connectivity index (χ4n) is 1.25. The number of carbonyl (C=O) groups excluding carboxylic acids is 2. The number of hydrogen-bond donors (Lipinski definition) is 0. The third kappa shape index (κ3) is 8.57. The zero-order valence-corrected chi connectivity index (χ0v) is 12.9. The molecule has 124 valence electrons. The minimum Gasteiger partial charge on any atom is -0.465 e. The monoisotopic (exact) mass is 312 g/mol. The molecule has 0 aromatic rings. The number of hydrogen-bond acceptors (Lipinski definition) is 4. The first-order chi connectivity index (χ1) is 9.51. The highest BCUT2D eigenvalue weighted by atomic mass is 19.4. The highest BCUT2D eigenvalue weighted by Gasteiger charge is 2.30. The molecule has 0 aromatic heterocycles. The van der Waals surface area contributed by atoms with Gasteiger partial charge >= 0.3 is 18.1 Å². The molecular weight excluding hydrogens is 289 g/mol. The molecule has 0 aromatic carbocycles. The summed E-state index contributed by atoms with van der Waals surface area (Å²) >= 11 is 0. The van der Waals surface area contributed by atoms with Crippen LogP contribution in [0.1, 0.15) is 53.4 Å². The van der Waals surface area contributed by atoms with E-state index in [2.05, 4.69) is 4.74 Å². The number of esters is 2. The Morgan fingerprint density at radius 2 is 1.71 bits per heavy atom. The van der Waals surface area contributed by atoms with Crippen LogP contribution in [0.25, 0.3) is 0 Å². The second-order valence-corrected chi connectivity index (χ2v) is 5.46. The van der Waals surface area contributed by atoms with Crippen LogP contribution in [0.3, 0.4) is 0 Å². The van der Waals surface area contributed by atoms with Gasteiger partial charge < -0.3 is 9.47 Å². The fourth-order valence-corrected chi connectivity index (χ4v) is 1.25. The van der Waals surface area contributed by atoms with Crippen LogP contribution in [-0.4, -0.2) is 30.8 Å². The van der Waals surface area contributed by atoms with Crippen LogP contribution in [0.15, 0.2) is 0 Å². The molecule has 0 rings (SSSR count). The van der Waals surface area contributed by atoms with Crippen LogP contribution < -0.4 is 0 Å². The molecule has 0 spiro atoms. The summed E-state index contributed by atoms with van der Waals surface area (Å²) in [6, 6.07) is 0. The van der Waals surface area contributed by atoms with Crippen molar-refractivity contribution in [1.82, 2.24) is 0 Å². The van der Waals surface area contributed by atoms with E-state index in [0.717, 1.165) is 0 Å². The minimum atomic E-state index is -4.36. The van der Waals surface area contributed by atoms with Crippen LogP contribution in [0.4, 0.5) is 13.2 Å². The maximum absolute atomic E-state index is 11.9. The number of halogens is 3. The molecule has 21 heavy (non-hydrogen) atoms. The molecule has 0 saturated heterocycles. The van der Waals surface area contributed by atoms with Gasteiger partial charge in [-0.25, -0.2) is 0 Å². The van der Waals surface area contributed by atoms with Gasteiger partial charge in [-0.2, -0.15) is 13.2 Å². The first-order valence-corrected chi connectivity index (χ1v) is 6.95. The van der Waals surface area contributed by atoms with Crippen LogP contribution in [0.5, 0.6) is 0 Å². The summed E-state index contributed by atoms with van der Waals surface area (Å²) in [5, 5.41) is 0. The lowest BCUT2D eigenvalue weighted by molar-refractivity contribution is -0.166. The molecule has 1 unspecified atom stereocenters. The minimum absolute atomic E-state index is 0.236. The maximum Gasteiger partial charge on any atom is 0.392 e. The summed E-state index contributed by atoms with van der Waals surface area (Å²) < 4.78 is 45.5. The van der Waals surface area contributed by atoms with E-state index < -0.39 is 42.7 Å². The molecule has 0 heterocycles. The van der Waals surface area contributed by atoms with Crippen LogP contribution >= 0.6 is 0 Å². The Hall–Kier alpha value is -1.27. The van der Waals surface area contributed by atoms with Crippen molar-refractivity contribution in [2.45, 2.75) is 65.7 Å². The Labute approximate surface area is 123 Å². The average Bonchev–Trinajstić information content (AvgIpc) is 2.36. The van der Waals surface area contributed by atoms with Gasteiger partial charge in [0.2, 0.25) is 0 Å². The molecule has 0 aliphatic heterocycles. The molecule has 0 radical (unpaired) electrons. The molecule has 0 saturated carbocycles. The van der Waals surface area contributed by atoms with Gasteiger partial charge in [-0.1, -0.05) is 13.8 Å². The summed E-state index contributed by atoms with van der Waals surface area (Å²) in [7, 11) is 0. The Morgan fingerprint density at radius 3 is 2.14 bits per heavy atom. The van der Waals surface area contributed by atoms with Crippen molar-refractivity contribution in [3.63, 3.8) is 0 Å². The summed E-state index contributed by atoms with van der Waals surface area (Å²) in [5.41, 5.74) is -0.659. The number of alkyl halides is 3. The second kappa shape index (κ2) is 8.24. The first-order valence-electron chi connectivity index (χ1n) is 6.95. The SMILES string of the molecule is CCC(CC(=O)OCCC(F)(F)F)OC(=O)C(C)(C)CC. The van der Waals surface area contributed by atoms with E-state index in [1.165, 1.54) is 0 Å². The summed E-state index contributed by atoms with van der Waals surface area (Å²) in [4.78, 5) is 23.3. The topological polar surface area (TPSA) is 52.6 Å². The molecular formula is C14H23F3O4. The normalized spacial score (nSPS) is 13.7. The Balaban J connectivity index is 4.26. The molecule has 1 atom stereocenters. The van der Waals surface area contributed by atoms with Crippen LogP contribution in [-0.2, 0) is 19.1 Å². The Morgan fingerprint density at radius 1 is 1.14 bits per heavy atom. The van der Waals surface area contributed by atoms with Gasteiger partial charge in [0.15, 0.2) is 0 Å². The highest BCUT2D eigenvalue weighted by molar-refractivity contribution is 5.76. The van der Waals surface area contributed by atoms with Gasteiger partial charge in [0.25, 0.3) is 0 Å². The lowest BCUT2D eigenvalue weighted by atomic mass is 9.90. The van der Waals surface area contributed by atoms with Gasteiger partial charge in [0.05, 0.1) is 24.9 Å². The van der Waals surface area contributed by atoms with Gasteiger partial charge in [-0.05, 0) is 26.7 Å². The van der Waals surface area contributed by atoms with E-state index in [-0.39, 0.29) is 6.42 Å². The third-order valence-corrected chi connectivity index (χ3v) is 3.21. The smallest absolute Gasteiger partial charge is 0.392 e. The quantitative estimate of drug-likeness (QED) is 0.642. The largest absolute Gasteiger partial charge is 0.465 e. The van der Waals surface area contributed by atoms with Crippen LogP contribution in [0.2, 0.25) is 0 Å². The Kier molecular flexibility index (Phi) is 7.74. The van der Waals surface area contributed by atoms with Crippen LogP contribution in [0, 0.1) is 5.41 Å². The van der Waals surface area contributed by atoms with Crippen molar-refractivity contribution < 1.29 is 32.2 Å². The van der Waals surface area contributed by atoms with Crippen molar-refractivity contribution in [2.75, 3.05) is 6.61 Å². The van der Waals surface area contributed by atoms with Gasteiger partial charge in [0.1, 0.15) is 6.10 Å². The maximum atomic E-state index is 11.9. The van der Waals surface area contributed by atoms with Gasteiger partial charge in [0, 0.05) is 0 Å². The summed E-state index contributed by atoms with van der Waals surface area (Å²) in [6.45, 7) is 6.30. The van der Waals surface area contributed by atoms with Gasteiger partial charge in [-0.3, -0.25) is 9.59 Å². The summed E-state index contributed by atoms with van der Waals surface area (Å²) in [5.74, 6) is -1.23. The molecule has 0 N–H and O–H groups in total. The van der Waals surface area contributed by atoms with E-state index in [4.69, 9.17) is 4.74 Å². The van der Waals surface area contributed by atoms with E-state index in [1.807, 2.05) is 6.92 Å². The summed E-state index contributed by atoms with van der Waals surface area (Å²) in [6.07, 6.45) is -5.49. The standard InChI is InChI=1S/C14H23F3O4/c1-5-10(21-12(19)13(3,4)6-2)9-11(18)20-8-7-14(15,16)17/h10H,5-9H2,1-4H3. The predicted octanol–water partition coefficient (Wildman–Crippen LogP) is 3.63. The van der Waals surface area contributed by atoms with Crippen molar-refractivity contribution in [2.24, 2.45) is 5.41 Å². The lowest BCUT2D eigenvalue weighted by Gasteiger charge is -2.24. The van der Waals surface area contributed by atoms with E-state index in [1.54, 1.807) is 20.8 Å². The van der Waals surface area contributed by atoms with Crippen molar-refractivity contribution in [3.8, 4) is 0 Å². The van der Waals surface area contributed by atoms with E-state index in [0.29, 0.717) is 12.8 Å².